The zero-order chi connectivity index (χ0) is 16.1. The van der Waals surface area contributed by atoms with E-state index < -0.39 is 5.54 Å². The van der Waals surface area contributed by atoms with Gasteiger partial charge in [-0.3, -0.25) is 4.79 Å². The minimum absolute atomic E-state index is 0.00837. The second kappa shape index (κ2) is 4.68. The summed E-state index contributed by atoms with van der Waals surface area (Å²) in [5.41, 5.74) is 5.90. The van der Waals surface area contributed by atoms with Crippen molar-refractivity contribution in [2.75, 3.05) is 0 Å². The van der Waals surface area contributed by atoms with Crippen molar-refractivity contribution in [2.24, 2.45) is 0 Å². The molecule has 0 saturated carbocycles. The number of carbonyl (C=O) groups excluding carboxylic acids is 1. The monoisotopic (exact) mass is 309 g/mol. The average molecular weight is 309 g/mol. The normalized spacial score (nSPS) is 20.5. The van der Waals surface area contributed by atoms with E-state index in [9.17, 15) is 4.79 Å². The van der Waals surface area contributed by atoms with Crippen LogP contribution in [0.5, 0.6) is 0 Å². The third kappa shape index (κ3) is 1.63. The lowest BCUT2D eigenvalue weighted by Crippen LogP contribution is -2.37. The molecule has 2 heteroatoms. The largest absolute Gasteiger partial charge is 0.335 e. The van der Waals surface area contributed by atoms with Gasteiger partial charge in [0, 0.05) is 5.56 Å². The molecular formula is C22H15NO. The van der Waals surface area contributed by atoms with Crippen LogP contribution in [-0.4, -0.2) is 5.91 Å². The first kappa shape index (κ1) is 13.3. The molecule has 0 saturated heterocycles. The van der Waals surface area contributed by atoms with E-state index in [0.717, 1.165) is 16.7 Å². The van der Waals surface area contributed by atoms with Gasteiger partial charge in [0.2, 0.25) is 0 Å². The highest BCUT2D eigenvalue weighted by atomic mass is 16.2. The van der Waals surface area contributed by atoms with Gasteiger partial charge in [0.15, 0.2) is 0 Å². The molecule has 114 valence electrons. The smallest absolute Gasteiger partial charge is 0.252 e. The van der Waals surface area contributed by atoms with E-state index in [2.05, 4.69) is 47.8 Å². The first-order valence-electron chi connectivity index (χ1n) is 8.10. The van der Waals surface area contributed by atoms with Crippen LogP contribution in [0.1, 0.15) is 32.6 Å². The Hall–Kier alpha value is -3.13. The third-order valence-electron chi connectivity index (χ3n) is 4.99. The molecule has 5 rings (SSSR count). The lowest BCUT2D eigenvalue weighted by atomic mass is 9.85. The van der Waals surface area contributed by atoms with Crippen LogP contribution in [0.25, 0.3) is 5.57 Å². The van der Waals surface area contributed by atoms with Crippen LogP contribution in [0.4, 0.5) is 0 Å². The summed E-state index contributed by atoms with van der Waals surface area (Å²) < 4.78 is 0. The van der Waals surface area contributed by atoms with Crippen LogP contribution in [0.3, 0.4) is 0 Å². The van der Waals surface area contributed by atoms with Gasteiger partial charge < -0.3 is 5.32 Å². The molecule has 1 aliphatic carbocycles. The van der Waals surface area contributed by atoms with Crippen LogP contribution < -0.4 is 5.32 Å². The van der Waals surface area contributed by atoms with Gasteiger partial charge in [-0.2, -0.15) is 0 Å². The highest BCUT2D eigenvalue weighted by molar-refractivity contribution is 6.03. The van der Waals surface area contributed by atoms with E-state index in [1.54, 1.807) is 0 Å². The molecule has 24 heavy (non-hydrogen) atoms. The predicted octanol–water partition coefficient (Wildman–Crippen LogP) is 4.12. The topological polar surface area (TPSA) is 29.1 Å². The molecule has 3 aromatic carbocycles. The molecule has 0 fully saturated rings. The minimum atomic E-state index is -0.560. The highest BCUT2D eigenvalue weighted by Crippen LogP contribution is 2.48. The molecule has 2 aliphatic rings. The quantitative estimate of drug-likeness (QED) is 0.720. The fraction of sp³-hybridized carbons (Fsp3) is 0.0455. The lowest BCUT2D eigenvalue weighted by Gasteiger charge is -2.25. The molecule has 1 spiro atoms. The van der Waals surface area contributed by atoms with Crippen molar-refractivity contribution in [3.63, 3.8) is 0 Å². The molecule has 0 aromatic heterocycles. The van der Waals surface area contributed by atoms with Crippen LogP contribution in [0.2, 0.25) is 0 Å². The Balaban J connectivity index is 1.83. The maximum atomic E-state index is 12.5. The maximum Gasteiger partial charge on any atom is 0.252 e. The summed E-state index contributed by atoms with van der Waals surface area (Å²) in [5.74, 6) is -0.00837. The Kier molecular flexibility index (Phi) is 2.60. The second-order valence-electron chi connectivity index (χ2n) is 6.28. The van der Waals surface area contributed by atoms with Gasteiger partial charge in [-0.05, 0) is 40.0 Å². The molecule has 2 nitrogen and oxygen atoms in total. The van der Waals surface area contributed by atoms with Gasteiger partial charge in [-0.1, -0.05) is 72.8 Å². The first-order chi connectivity index (χ1) is 11.8. The molecular weight excluding hydrogens is 294 g/mol. The molecule has 1 heterocycles. The molecule has 1 N–H and O–H groups in total. The fourth-order valence-corrected chi connectivity index (χ4v) is 3.96. The second-order valence-corrected chi connectivity index (χ2v) is 6.28. The van der Waals surface area contributed by atoms with Crippen molar-refractivity contribution in [3.05, 3.63) is 113 Å². The Bertz CT molecular complexity index is 1000. The van der Waals surface area contributed by atoms with E-state index in [1.807, 2.05) is 42.5 Å². The SMILES string of the molecule is O=C1NC2(C=C(c3ccccc3)c3ccccc32)c2ccccc21. The van der Waals surface area contributed by atoms with Gasteiger partial charge in [0.1, 0.15) is 5.54 Å². The molecule has 3 aromatic rings. The summed E-state index contributed by atoms with van der Waals surface area (Å²) in [5, 5.41) is 3.24. The van der Waals surface area contributed by atoms with Crippen molar-refractivity contribution in [1.29, 1.82) is 0 Å². The summed E-state index contributed by atoms with van der Waals surface area (Å²) in [6, 6.07) is 26.5. The van der Waals surface area contributed by atoms with Crippen LogP contribution in [-0.2, 0) is 5.54 Å². The number of hydrogen-bond donors (Lipinski definition) is 1. The Morgan fingerprint density at radius 1 is 0.667 bits per heavy atom. The number of nitrogens with one attached hydrogen (secondary N) is 1. The molecule has 0 bridgehead atoms. The number of carbonyl (C=O) groups is 1. The summed E-state index contributed by atoms with van der Waals surface area (Å²) >= 11 is 0. The maximum absolute atomic E-state index is 12.5. The summed E-state index contributed by atoms with van der Waals surface area (Å²) in [4.78, 5) is 12.5. The van der Waals surface area contributed by atoms with Gasteiger partial charge in [0.05, 0.1) is 0 Å². The van der Waals surface area contributed by atoms with Gasteiger partial charge in [-0.25, -0.2) is 0 Å². The molecule has 1 amide bonds. The zero-order valence-corrected chi connectivity index (χ0v) is 13.0. The summed E-state index contributed by atoms with van der Waals surface area (Å²) in [6.07, 6.45) is 2.21. The van der Waals surface area contributed by atoms with Crippen LogP contribution in [0.15, 0.2) is 84.9 Å². The molecule has 0 radical (unpaired) electrons. The summed E-state index contributed by atoms with van der Waals surface area (Å²) in [7, 11) is 0. The van der Waals surface area contributed by atoms with Crippen LogP contribution in [0, 0.1) is 0 Å². The number of amides is 1. The minimum Gasteiger partial charge on any atom is -0.335 e. The van der Waals surface area contributed by atoms with Crippen LogP contribution >= 0.6 is 0 Å². The Labute approximate surface area is 140 Å². The zero-order valence-electron chi connectivity index (χ0n) is 13.0. The molecule has 1 aliphatic heterocycles. The third-order valence-corrected chi connectivity index (χ3v) is 4.99. The average Bonchev–Trinajstić information content (AvgIpc) is 3.13. The Morgan fingerprint density at radius 2 is 1.25 bits per heavy atom. The summed E-state index contributed by atoms with van der Waals surface area (Å²) in [6.45, 7) is 0. The Morgan fingerprint density at radius 3 is 2.00 bits per heavy atom. The van der Waals surface area contributed by atoms with Gasteiger partial charge in [-0.15, -0.1) is 0 Å². The van der Waals surface area contributed by atoms with E-state index in [0.29, 0.717) is 0 Å². The molecule has 1 atom stereocenters. The van der Waals surface area contributed by atoms with E-state index in [1.165, 1.54) is 16.7 Å². The van der Waals surface area contributed by atoms with E-state index in [4.69, 9.17) is 0 Å². The van der Waals surface area contributed by atoms with E-state index >= 15 is 0 Å². The number of hydrogen-bond acceptors (Lipinski definition) is 1. The standard InChI is InChI=1S/C22H15NO/c24-21-17-11-5-7-13-20(17)22(23-21)14-18(15-8-2-1-3-9-15)16-10-4-6-12-19(16)22/h1-14H,(H,23,24). The fourth-order valence-electron chi connectivity index (χ4n) is 3.96. The number of fused-ring (bicyclic) bond motifs is 4. The lowest BCUT2D eigenvalue weighted by molar-refractivity contribution is 0.0950. The number of rotatable bonds is 1. The number of benzene rings is 3. The molecule has 1 unspecified atom stereocenters. The van der Waals surface area contributed by atoms with Gasteiger partial charge >= 0.3 is 0 Å². The first-order valence-corrected chi connectivity index (χ1v) is 8.10. The van der Waals surface area contributed by atoms with Gasteiger partial charge in [0.25, 0.3) is 5.91 Å². The van der Waals surface area contributed by atoms with Crippen molar-refractivity contribution in [1.82, 2.24) is 5.32 Å². The van der Waals surface area contributed by atoms with E-state index in [-0.39, 0.29) is 5.91 Å². The highest BCUT2D eigenvalue weighted by Gasteiger charge is 2.47. The van der Waals surface area contributed by atoms with Crippen molar-refractivity contribution in [3.8, 4) is 0 Å². The van der Waals surface area contributed by atoms with Crippen molar-refractivity contribution < 1.29 is 4.79 Å². The predicted molar refractivity (Wildman–Crippen MR) is 94.7 cm³/mol. The van der Waals surface area contributed by atoms with Crippen molar-refractivity contribution >= 4 is 11.5 Å². The van der Waals surface area contributed by atoms with Crippen molar-refractivity contribution in [2.45, 2.75) is 5.54 Å².